The first-order chi connectivity index (χ1) is 15.7. The first-order valence-corrected chi connectivity index (χ1v) is 10.8. The van der Waals surface area contributed by atoms with Gasteiger partial charge in [0, 0.05) is 17.1 Å². The zero-order chi connectivity index (χ0) is 23.6. The molecule has 0 bridgehead atoms. The minimum atomic E-state index is -4.48. The van der Waals surface area contributed by atoms with Crippen LogP contribution in [0.3, 0.4) is 0 Å². The van der Waals surface area contributed by atoms with Crippen LogP contribution in [0.2, 0.25) is 0 Å². The van der Waals surface area contributed by atoms with Crippen LogP contribution in [0.4, 0.5) is 18.9 Å². The van der Waals surface area contributed by atoms with Crippen LogP contribution in [0, 0.1) is 0 Å². The molecule has 0 fully saturated rings. The Kier molecular flexibility index (Phi) is 6.19. The van der Waals surface area contributed by atoms with E-state index in [9.17, 15) is 27.6 Å². The van der Waals surface area contributed by atoms with E-state index in [0.29, 0.717) is 17.3 Å². The predicted molar refractivity (Wildman–Crippen MR) is 121 cm³/mol. The summed E-state index contributed by atoms with van der Waals surface area (Å²) in [6.07, 6.45) is -3.99. The molecule has 33 heavy (non-hydrogen) atoms. The van der Waals surface area contributed by atoms with Crippen LogP contribution in [0.1, 0.15) is 10.4 Å². The second-order valence-corrected chi connectivity index (χ2v) is 8.33. The zero-order valence-electron chi connectivity index (χ0n) is 17.1. The molecule has 1 amide bonds. The highest BCUT2D eigenvalue weighted by molar-refractivity contribution is 7.09. The highest BCUT2D eigenvalue weighted by Crippen LogP contribution is 2.29. The Morgan fingerprint density at radius 3 is 2.33 bits per heavy atom. The first-order valence-electron chi connectivity index (χ1n) is 9.96. The molecule has 0 aliphatic rings. The van der Waals surface area contributed by atoms with Crippen molar-refractivity contribution in [1.29, 1.82) is 0 Å². The smallest absolute Gasteiger partial charge is 0.325 e. The minimum absolute atomic E-state index is 0.156. The Bertz CT molecular complexity index is 1410. The van der Waals surface area contributed by atoms with E-state index in [4.69, 9.17) is 0 Å². The second kappa shape index (κ2) is 9.07. The number of halogens is 3. The maximum Gasteiger partial charge on any atom is 0.416 e. The summed E-state index contributed by atoms with van der Waals surface area (Å²) in [4.78, 5) is 39.7. The van der Waals surface area contributed by atoms with Crippen molar-refractivity contribution in [2.45, 2.75) is 25.7 Å². The Labute approximate surface area is 189 Å². The largest absolute Gasteiger partial charge is 0.416 e. The van der Waals surface area contributed by atoms with Gasteiger partial charge in [0.25, 0.3) is 5.56 Å². The number of fused-ring (bicyclic) bond motifs is 1. The second-order valence-electron chi connectivity index (χ2n) is 7.30. The number of carbonyl (C=O) groups excluding carboxylic acids is 1. The average molecular weight is 473 g/mol. The SMILES string of the molecule is O=C(Cn1c(=O)n(CCc2cccs2)c(=O)c2ccccc21)Nc1ccc(C(F)(F)F)cc1. The molecule has 0 unspecified atom stereocenters. The number of nitrogens with zero attached hydrogens (tertiary/aromatic N) is 2. The number of rotatable bonds is 6. The molecule has 10 heteroatoms. The van der Waals surface area contributed by atoms with Crippen molar-refractivity contribution in [1.82, 2.24) is 9.13 Å². The molecule has 0 saturated carbocycles. The number of aryl methyl sites for hydroxylation is 1. The Balaban J connectivity index is 1.63. The monoisotopic (exact) mass is 473 g/mol. The van der Waals surface area contributed by atoms with E-state index in [1.54, 1.807) is 24.3 Å². The number of hydrogen-bond donors (Lipinski definition) is 1. The molecule has 0 spiro atoms. The molecule has 6 nitrogen and oxygen atoms in total. The third-order valence-electron chi connectivity index (χ3n) is 5.09. The topological polar surface area (TPSA) is 73.1 Å². The van der Waals surface area contributed by atoms with Gasteiger partial charge in [-0.15, -0.1) is 11.3 Å². The quantitative estimate of drug-likeness (QED) is 0.458. The summed E-state index contributed by atoms with van der Waals surface area (Å²) in [6, 6.07) is 14.3. The molecule has 4 aromatic rings. The summed E-state index contributed by atoms with van der Waals surface area (Å²) < 4.78 is 40.5. The highest BCUT2D eigenvalue weighted by atomic mass is 32.1. The normalized spacial score (nSPS) is 11.6. The van der Waals surface area contributed by atoms with Gasteiger partial charge >= 0.3 is 11.9 Å². The van der Waals surface area contributed by atoms with Gasteiger partial charge in [-0.05, 0) is 54.3 Å². The molecule has 0 aliphatic carbocycles. The summed E-state index contributed by atoms with van der Waals surface area (Å²) in [5, 5.41) is 4.70. The van der Waals surface area contributed by atoms with Gasteiger partial charge in [0.1, 0.15) is 6.54 Å². The minimum Gasteiger partial charge on any atom is -0.325 e. The average Bonchev–Trinajstić information content (AvgIpc) is 3.30. The van der Waals surface area contributed by atoms with Crippen LogP contribution >= 0.6 is 11.3 Å². The standard InChI is InChI=1S/C23H18F3N3O3S/c24-23(25,26)15-7-9-16(10-8-15)27-20(30)14-29-19-6-2-1-5-18(19)21(31)28(22(29)32)12-11-17-4-3-13-33-17/h1-10,13H,11-12,14H2,(H,27,30). The van der Waals surface area contributed by atoms with Gasteiger partial charge in [-0.2, -0.15) is 13.2 Å². The van der Waals surface area contributed by atoms with E-state index in [-0.39, 0.29) is 12.2 Å². The van der Waals surface area contributed by atoms with Gasteiger partial charge in [-0.3, -0.25) is 18.7 Å². The van der Waals surface area contributed by atoms with E-state index >= 15 is 0 Å². The molecule has 2 aromatic carbocycles. The van der Waals surface area contributed by atoms with Gasteiger partial charge in [0.15, 0.2) is 0 Å². The number of amides is 1. The zero-order valence-corrected chi connectivity index (χ0v) is 17.9. The molecule has 1 N–H and O–H groups in total. The van der Waals surface area contributed by atoms with Crippen LogP contribution in [-0.2, 0) is 30.5 Å². The fraction of sp³-hybridized carbons (Fsp3) is 0.174. The number of nitrogens with one attached hydrogen (secondary N) is 1. The molecule has 2 heterocycles. The van der Waals surface area contributed by atoms with Crippen molar-refractivity contribution >= 4 is 33.8 Å². The van der Waals surface area contributed by atoms with Crippen LogP contribution in [-0.4, -0.2) is 15.0 Å². The van der Waals surface area contributed by atoms with Gasteiger partial charge in [-0.1, -0.05) is 18.2 Å². The van der Waals surface area contributed by atoms with E-state index in [2.05, 4.69) is 5.32 Å². The van der Waals surface area contributed by atoms with E-state index in [1.807, 2.05) is 17.5 Å². The summed E-state index contributed by atoms with van der Waals surface area (Å²) in [5.74, 6) is -0.606. The third-order valence-corrected chi connectivity index (χ3v) is 6.03. The lowest BCUT2D eigenvalue weighted by molar-refractivity contribution is -0.137. The molecule has 2 aromatic heterocycles. The van der Waals surface area contributed by atoms with E-state index in [1.165, 1.54) is 15.9 Å². The van der Waals surface area contributed by atoms with Crippen LogP contribution in [0.25, 0.3) is 10.9 Å². The summed E-state index contributed by atoms with van der Waals surface area (Å²) in [7, 11) is 0. The lowest BCUT2D eigenvalue weighted by Crippen LogP contribution is -2.42. The highest BCUT2D eigenvalue weighted by Gasteiger charge is 2.30. The van der Waals surface area contributed by atoms with Crippen molar-refractivity contribution in [3.05, 3.63) is 97.3 Å². The fourth-order valence-electron chi connectivity index (χ4n) is 3.48. The molecule has 0 atom stereocenters. The number of aromatic nitrogens is 2. The number of alkyl halides is 3. The van der Waals surface area contributed by atoms with E-state index in [0.717, 1.165) is 33.7 Å². The number of para-hydroxylation sites is 1. The number of hydrogen-bond acceptors (Lipinski definition) is 4. The van der Waals surface area contributed by atoms with Crippen molar-refractivity contribution in [2.24, 2.45) is 0 Å². The Morgan fingerprint density at radius 1 is 0.939 bits per heavy atom. The van der Waals surface area contributed by atoms with Gasteiger partial charge in [0.2, 0.25) is 5.91 Å². The number of benzene rings is 2. The molecular formula is C23H18F3N3O3S. The number of carbonyl (C=O) groups is 1. The predicted octanol–water partition coefficient (Wildman–Crippen LogP) is 4.12. The Hall–Kier alpha value is -3.66. The molecule has 0 aliphatic heterocycles. The molecule has 170 valence electrons. The van der Waals surface area contributed by atoms with Crippen LogP contribution in [0.5, 0.6) is 0 Å². The summed E-state index contributed by atoms with van der Waals surface area (Å²) in [6.45, 7) is -0.247. The van der Waals surface area contributed by atoms with E-state index < -0.39 is 35.4 Å². The van der Waals surface area contributed by atoms with Crippen LogP contribution < -0.4 is 16.6 Å². The maximum absolute atomic E-state index is 13.1. The van der Waals surface area contributed by atoms with Gasteiger partial charge in [0.05, 0.1) is 16.5 Å². The number of anilines is 1. The van der Waals surface area contributed by atoms with Crippen molar-refractivity contribution in [3.8, 4) is 0 Å². The summed E-state index contributed by atoms with van der Waals surface area (Å²) in [5.41, 5.74) is -1.43. The Morgan fingerprint density at radius 2 is 1.67 bits per heavy atom. The maximum atomic E-state index is 13.1. The van der Waals surface area contributed by atoms with Crippen molar-refractivity contribution in [2.75, 3.05) is 5.32 Å². The van der Waals surface area contributed by atoms with Gasteiger partial charge < -0.3 is 5.32 Å². The van der Waals surface area contributed by atoms with Crippen LogP contribution in [0.15, 0.2) is 75.6 Å². The summed E-state index contributed by atoms with van der Waals surface area (Å²) >= 11 is 1.52. The molecule has 0 saturated heterocycles. The van der Waals surface area contributed by atoms with Crippen molar-refractivity contribution < 1.29 is 18.0 Å². The first kappa shape index (κ1) is 22.5. The molecule has 0 radical (unpaired) electrons. The van der Waals surface area contributed by atoms with Gasteiger partial charge in [-0.25, -0.2) is 4.79 Å². The number of thiophene rings is 1. The lowest BCUT2D eigenvalue weighted by atomic mass is 10.2. The molecule has 4 rings (SSSR count). The fourth-order valence-corrected chi connectivity index (χ4v) is 4.18. The van der Waals surface area contributed by atoms with Crippen molar-refractivity contribution in [3.63, 3.8) is 0 Å². The lowest BCUT2D eigenvalue weighted by Gasteiger charge is -2.14. The molecular weight excluding hydrogens is 455 g/mol. The third kappa shape index (κ3) is 4.90.